The van der Waals surface area contributed by atoms with E-state index in [9.17, 15) is 0 Å². The van der Waals surface area contributed by atoms with Crippen molar-refractivity contribution in [3.63, 3.8) is 0 Å². The van der Waals surface area contributed by atoms with Crippen molar-refractivity contribution >= 4 is 56.3 Å². The minimum atomic E-state index is 0.728. The van der Waals surface area contributed by atoms with E-state index in [1.165, 1.54) is 11.8 Å². The predicted molar refractivity (Wildman–Crippen MR) is 93.1 cm³/mol. The van der Waals surface area contributed by atoms with Gasteiger partial charge in [-0.1, -0.05) is 17.7 Å². The Labute approximate surface area is 143 Å². The number of benzene rings is 1. The van der Waals surface area contributed by atoms with Gasteiger partial charge in [-0.05, 0) is 41.4 Å². The zero-order valence-corrected chi connectivity index (χ0v) is 14.6. The van der Waals surface area contributed by atoms with Gasteiger partial charge in [0.15, 0.2) is 15.3 Å². The summed E-state index contributed by atoms with van der Waals surface area (Å²) < 4.78 is 4.01. The van der Waals surface area contributed by atoms with E-state index in [1.54, 1.807) is 22.7 Å². The number of thiophene rings is 1. The van der Waals surface area contributed by atoms with Crippen LogP contribution in [-0.2, 0) is 7.05 Å². The number of nitrogens with zero attached hydrogens (tertiary/aromatic N) is 4. The summed E-state index contributed by atoms with van der Waals surface area (Å²) in [6, 6.07) is 9.79. The Balaban J connectivity index is 1.68. The van der Waals surface area contributed by atoms with Gasteiger partial charge in [-0.15, -0.1) is 32.9 Å². The van der Waals surface area contributed by atoms with Gasteiger partial charge in [-0.2, -0.15) is 0 Å². The second-order valence-corrected chi connectivity index (χ2v) is 8.17. The predicted octanol–water partition coefficient (Wildman–Crippen LogP) is 4.96. The third-order valence-corrected chi connectivity index (χ3v) is 6.30. The highest BCUT2D eigenvalue weighted by Crippen LogP contribution is 2.35. The number of hydrogen-bond acceptors (Lipinski definition) is 6. The Hall–Kier alpha value is -1.41. The van der Waals surface area contributed by atoms with Crippen molar-refractivity contribution in [2.24, 2.45) is 7.05 Å². The third kappa shape index (κ3) is 2.54. The molecule has 1 aromatic carbocycles. The van der Waals surface area contributed by atoms with Gasteiger partial charge in [0.2, 0.25) is 0 Å². The summed E-state index contributed by atoms with van der Waals surface area (Å²) in [6.07, 6.45) is 0. The zero-order valence-electron chi connectivity index (χ0n) is 11.4. The topological polar surface area (TPSA) is 43.6 Å². The van der Waals surface area contributed by atoms with Crippen LogP contribution in [0.5, 0.6) is 0 Å². The first kappa shape index (κ1) is 14.2. The van der Waals surface area contributed by atoms with Crippen LogP contribution in [0.4, 0.5) is 0 Å². The van der Waals surface area contributed by atoms with E-state index in [-0.39, 0.29) is 0 Å². The lowest BCUT2D eigenvalue weighted by Crippen LogP contribution is -1.92. The molecule has 0 spiro atoms. The summed E-state index contributed by atoms with van der Waals surface area (Å²) >= 11 is 10.8. The molecule has 0 aliphatic rings. The molecule has 0 aliphatic carbocycles. The molecular formula is C14H9ClN4S3. The van der Waals surface area contributed by atoms with Gasteiger partial charge in [-0.25, -0.2) is 4.98 Å². The standard InChI is InChI=1S/C14H9ClN4S3/c1-19-12(10-3-2-6-20-10)17-18-13(19)22-14-16-9-5-4-8(15)7-11(9)21-14/h2-7H,1H3. The van der Waals surface area contributed by atoms with Crippen molar-refractivity contribution in [2.45, 2.75) is 9.50 Å². The Morgan fingerprint density at radius 2 is 2.14 bits per heavy atom. The van der Waals surface area contributed by atoms with E-state index < -0.39 is 0 Å². The second-order valence-electron chi connectivity index (χ2n) is 4.54. The van der Waals surface area contributed by atoms with Gasteiger partial charge in [0, 0.05) is 12.1 Å². The average Bonchev–Trinajstić information content (AvgIpc) is 3.20. The first-order valence-corrected chi connectivity index (χ1v) is 9.27. The molecule has 8 heteroatoms. The molecule has 0 atom stereocenters. The van der Waals surface area contributed by atoms with E-state index in [0.717, 1.165) is 35.4 Å². The van der Waals surface area contributed by atoms with E-state index >= 15 is 0 Å². The number of fused-ring (bicyclic) bond motifs is 1. The van der Waals surface area contributed by atoms with Crippen molar-refractivity contribution in [3.05, 3.63) is 40.7 Å². The fraction of sp³-hybridized carbons (Fsp3) is 0.0714. The molecule has 22 heavy (non-hydrogen) atoms. The van der Waals surface area contributed by atoms with Gasteiger partial charge >= 0.3 is 0 Å². The quantitative estimate of drug-likeness (QED) is 0.515. The van der Waals surface area contributed by atoms with Crippen LogP contribution in [0.1, 0.15) is 0 Å². The van der Waals surface area contributed by atoms with Gasteiger partial charge in [0.25, 0.3) is 0 Å². The molecule has 0 saturated heterocycles. The SMILES string of the molecule is Cn1c(Sc2nc3ccc(Cl)cc3s2)nnc1-c1cccs1. The molecule has 4 nitrogen and oxygen atoms in total. The van der Waals surface area contributed by atoms with E-state index in [0.29, 0.717) is 0 Å². The molecule has 0 amide bonds. The van der Waals surface area contributed by atoms with Gasteiger partial charge in [0.1, 0.15) is 0 Å². The summed E-state index contributed by atoms with van der Waals surface area (Å²) in [7, 11) is 1.97. The molecule has 0 saturated carbocycles. The highest BCUT2D eigenvalue weighted by molar-refractivity contribution is 8.01. The molecule has 0 aliphatic heterocycles. The molecule has 0 fully saturated rings. The fourth-order valence-electron chi connectivity index (χ4n) is 2.02. The van der Waals surface area contributed by atoms with Crippen molar-refractivity contribution in [2.75, 3.05) is 0 Å². The summed E-state index contributed by atoms with van der Waals surface area (Å²) in [5, 5.41) is 12.1. The monoisotopic (exact) mass is 364 g/mol. The molecule has 3 aromatic heterocycles. The van der Waals surface area contributed by atoms with Crippen LogP contribution in [0.25, 0.3) is 20.9 Å². The van der Waals surface area contributed by atoms with Crippen molar-refractivity contribution in [1.29, 1.82) is 0 Å². The smallest absolute Gasteiger partial charge is 0.198 e. The van der Waals surface area contributed by atoms with Crippen LogP contribution >= 0.6 is 46.0 Å². The highest BCUT2D eigenvalue weighted by Gasteiger charge is 2.14. The molecule has 4 aromatic rings. The Morgan fingerprint density at radius 3 is 2.95 bits per heavy atom. The molecule has 110 valence electrons. The third-order valence-electron chi connectivity index (χ3n) is 3.09. The van der Waals surface area contributed by atoms with E-state index in [2.05, 4.69) is 15.2 Å². The van der Waals surface area contributed by atoms with Crippen molar-refractivity contribution < 1.29 is 0 Å². The maximum atomic E-state index is 6.02. The Morgan fingerprint density at radius 1 is 1.23 bits per heavy atom. The zero-order chi connectivity index (χ0) is 15.1. The Bertz CT molecular complexity index is 942. The normalized spacial score (nSPS) is 11.4. The molecule has 3 heterocycles. The minimum absolute atomic E-state index is 0.728. The van der Waals surface area contributed by atoms with Crippen LogP contribution < -0.4 is 0 Å². The summed E-state index contributed by atoms with van der Waals surface area (Å²) in [5.41, 5.74) is 0.956. The number of aromatic nitrogens is 4. The molecule has 0 unspecified atom stereocenters. The van der Waals surface area contributed by atoms with Crippen LogP contribution in [0.2, 0.25) is 5.02 Å². The van der Waals surface area contributed by atoms with Gasteiger partial charge < -0.3 is 4.57 Å². The van der Waals surface area contributed by atoms with Crippen molar-refractivity contribution in [3.8, 4) is 10.7 Å². The number of hydrogen-bond donors (Lipinski definition) is 0. The lowest BCUT2D eigenvalue weighted by Gasteiger charge is -1.99. The lowest BCUT2D eigenvalue weighted by molar-refractivity contribution is 0.794. The van der Waals surface area contributed by atoms with Crippen LogP contribution in [0.3, 0.4) is 0 Å². The van der Waals surface area contributed by atoms with Gasteiger partial charge in [0.05, 0.1) is 15.1 Å². The molecule has 0 radical (unpaired) electrons. The lowest BCUT2D eigenvalue weighted by atomic mass is 10.3. The fourth-order valence-corrected chi connectivity index (χ4v) is 5.01. The first-order chi connectivity index (χ1) is 10.7. The van der Waals surface area contributed by atoms with Gasteiger partial charge in [-0.3, -0.25) is 0 Å². The van der Waals surface area contributed by atoms with Crippen molar-refractivity contribution in [1.82, 2.24) is 19.7 Å². The van der Waals surface area contributed by atoms with Crippen LogP contribution in [-0.4, -0.2) is 19.7 Å². The Kier molecular flexibility index (Phi) is 3.65. The number of rotatable bonds is 3. The second kappa shape index (κ2) is 5.66. The maximum Gasteiger partial charge on any atom is 0.198 e. The van der Waals surface area contributed by atoms with Crippen LogP contribution in [0.15, 0.2) is 45.2 Å². The first-order valence-electron chi connectivity index (χ1n) is 6.38. The molecular weight excluding hydrogens is 356 g/mol. The minimum Gasteiger partial charge on any atom is -0.304 e. The number of thiazole rings is 1. The highest BCUT2D eigenvalue weighted by atomic mass is 35.5. The molecule has 4 rings (SSSR count). The molecule has 0 bridgehead atoms. The number of halogens is 1. The van der Waals surface area contributed by atoms with Crippen LogP contribution in [0, 0.1) is 0 Å². The van der Waals surface area contributed by atoms with E-state index in [4.69, 9.17) is 11.6 Å². The summed E-state index contributed by atoms with van der Waals surface area (Å²) in [4.78, 5) is 5.72. The summed E-state index contributed by atoms with van der Waals surface area (Å²) in [6.45, 7) is 0. The maximum absolute atomic E-state index is 6.02. The largest absolute Gasteiger partial charge is 0.304 e. The van der Waals surface area contributed by atoms with E-state index in [1.807, 2.05) is 47.3 Å². The summed E-state index contributed by atoms with van der Waals surface area (Å²) in [5.74, 6) is 0.877. The average molecular weight is 365 g/mol. The molecule has 0 N–H and O–H groups in total.